The van der Waals surface area contributed by atoms with E-state index in [-0.39, 0.29) is 11.8 Å². The first-order valence-corrected chi connectivity index (χ1v) is 26.2. The van der Waals surface area contributed by atoms with E-state index in [9.17, 15) is 0 Å². The first-order chi connectivity index (χ1) is 35.7. The summed E-state index contributed by atoms with van der Waals surface area (Å²) < 4.78 is 0. The molecule has 0 heteroatoms. The summed E-state index contributed by atoms with van der Waals surface area (Å²) >= 11 is 0. The number of benzene rings is 11. The molecular formula is C72H48. The van der Waals surface area contributed by atoms with Gasteiger partial charge in [-0.05, 0) is 204 Å². The molecule has 2 fully saturated rings. The quantitative estimate of drug-likeness (QED) is 0.0886. The maximum Gasteiger partial charge on any atom is 0.0202 e. The maximum atomic E-state index is 2.68. The molecule has 0 amide bonds. The van der Waals surface area contributed by atoms with Gasteiger partial charge < -0.3 is 0 Å². The molecule has 0 saturated heterocycles. The summed E-state index contributed by atoms with van der Waals surface area (Å²) in [6.45, 7) is 0. The Morgan fingerprint density at radius 3 is 0.847 bits per heavy atom. The van der Waals surface area contributed by atoms with Crippen LogP contribution in [0.4, 0.5) is 0 Å². The summed E-state index contributed by atoms with van der Waals surface area (Å²) in [6.07, 6.45) is 20.4. The highest BCUT2D eigenvalue weighted by atomic mass is 14.6. The summed E-state index contributed by atoms with van der Waals surface area (Å²) in [5, 5.41) is 11.2. The summed E-state index contributed by atoms with van der Waals surface area (Å²) in [5.41, 5.74) is 21.3. The molecule has 19 rings (SSSR count). The highest BCUT2D eigenvalue weighted by molar-refractivity contribution is 6.35. The predicted molar refractivity (Wildman–Crippen MR) is 302 cm³/mol. The van der Waals surface area contributed by atoms with Gasteiger partial charge in [0.25, 0.3) is 0 Å². The molecule has 2 saturated carbocycles. The highest BCUT2D eigenvalue weighted by Gasteiger charge is 2.53. The number of rotatable bonds is 6. The van der Waals surface area contributed by atoms with Gasteiger partial charge in [-0.25, -0.2) is 0 Å². The van der Waals surface area contributed by atoms with E-state index in [2.05, 4.69) is 243 Å². The van der Waals surface area contributed by atoms with Crippen LogP contribution in [0.1, 0.15) is 45.9 Å². The SMILES string of the molecule is C1=CC2C3C=CC1c1cc4c5cc(-c6c(-c7ccccc7)cccc6-c6ccccc6)cc6c7c(cc(c8cc(-c9c(-c%10ccccc%10)cccc9-c9ccccc9)cc(c1C23)c84)c65)C1C=CC2C(C=C1)C72. The molecule has 0 nitrogen and oxygen atoms in total. The first kappa shape index (κ1) is 39.4. The van der Waals surface area contributed by atoms with Gasteiger partial charge in [0.2, 0.25) is 0 Å². The Labute approximate surface area is 420 Å². The van der Waals surface area contributed by atoms with Crippen LogP contribution >= 0.6 is 0 Å². The smallest absolute Gasteiger partial charge is 0.0202 e. The van der Waals surface area contributed by atoms with Crippen LogP contribution in [0.5, 0.6) is 0 Å². The number of hydrogen-bond acceptors (Lipinski definition) is 0. The minimum absolute atomic E-state index is 0.236. The fraction of sp³-hybridized carbons (Fsp3) is 0.111. The third kappa shape index (κ3) is 5.47. The summed E-state index contributed by atoms with van der Waals surface area (Å²) in [4.78, 5) is 0. The van der Waals surface area contributed by atoms with Crippen molar-refractivity contribution in [2.24, 2.45) is 23.7 Å². The van der Waals surface area contributed by atoms with Crippen molar-refractivity contribution in [3.63, 3.8) is 0 Å². The molecule has 11 aromatic rings. The van der Waals surface area contributed by atoms with Crippen molar-refractivity contribution in [2.45, 2.75) is 23.7 Å². The van der Waals surface area contributed by atoms with Crippen LogP contribution in [0, 0.1) is 23.7 Å². The van der Waals surface area contributed by atoms with E-state index in [0.717, 1.165) is 0 Å². The van der Waals surface area contributed by atoms with Gasteiger partial charge in [0.05, 0.1) is 0 Å². The van der Waals surface area contributed by atoms with Gasteiger partial charge in [-0.2, -0.15) is 0 Å². The second-order valence-corrected chi connectivity index (χ2v) is 21.6. The monoisotopic (exact) mass is 912 g/mol. The molecule has 4 unspecified atom stereocenters. The first-order valence-electron chi connectivity index (χ1n) is 26.2. The zero-order chi connectivity index (χ0) is 46.8. The van der Waals surface area contributed by atoms with Gasteiger partial charge >= 0.3 is 0 Å². The van der Waals surface area contributed by atoms with Crippen molar-refractivity contribution in [3.8, 4) is 66.8 Å². The van der Waals surface area contributed by atoms with E-state index in [1.807, 2.05) is 0 Å². The van der Waals surface area contributed by atoms with Gasteiger partial charge in [0.1, 0.15) is 0 Å². The lowest BCUT2D eigenvalue weighted by Gasteiger charge is -2.26. The summed E-state index contributed by atoms with van der Waals surface area (Å²) in [6, 6.07) is 74.2. The van der Waals surface area contributed by atoms with Crippen molar-refractivity contribution in [1.82, 2.24) is 0 Å². The van der Waals surface area contributed by atoms with Crippen molar-refractivity contribution >= 4 is 43.1 Å². The number of hydrogen-bond donors (Lipinski definition) is 0. The van der Waals surface area contributed by atoms with Gasteiger partial charge in [-0.15, -0.1) is 0 Å². The van der Waals surface area contributed by atoms with Crippen LogP contribution in [0.25, 0.3) is 110 Å². The van der Waals surface area contributed by atoms with Crippen LogP contribution < -0.4 is 0 Å². The third-order valence-corrected chi connectivity index (χ3v) is 18.1. The van der Waals surface area contributed by atoms with Crippen LogP contribution in [-0.4, -0.2) is 0 Å². The molecule has 0 N–H and O–H groups in total. The van der Waals surface area contributed by atoms with E-state index in [0.29, 0.717) is 35.5 Å². The van der Waals surface area contributed by atoms with Gasteiger partial charge in [0, 0.05) is 11.8 Å². The fourth-order valence-corrected chi connectivity index (χ4v) is 14.8. The predicted octanol–water partition coefficient (Wildman–Crippen LogP) is 18.8. The van der Waals surface area contributed by atoms with Crippen LogP contribution in [0.2, 0.25) is 0 Å². The largest absolute Gasteiger partial charge is 0.0833 e. The Morgan fingerprint density at radius 2 is 0.528 bits per heavy atom. The molecule has 0 aromatic heterocycles. The molecule has 0 spiro atoms. The zero-order valence-electron chi connectivity index (χ0n) is 39.7. The Morgan fingerprint density at radius 1 is 0.236 bits per heavy atom. The minimum Gasteiger partial charge on any atom is -0.0833 e. The van der Waals surface area contributed by atoms with Crippen LogP contribution in [-0.2, 0) is 0 Å². The average Bonchev–Trinajstić information content (AvgIpc) is 4.36. The number of allylic oxidation sites excluding steroid dienone is 8. The van der Waals surface area contributed by atoms with Crippen molar-refractivity contribution in [3.05, 3.63) is 265 Å². The standard InChI is InChI=1S/C72H48/c1-5-15-41(16-6-1)49-23-13-24-50(42-17-7-2-8-18-42)65(49)47-35-59-61-39-58-46-29-33-55-56(34-30-46)70(55)72(58)64-38-48(66-51(43-19-9-3-10-20-43)25-14-26-52(66)44-21-11-4-12-22-44)36-60(68(61)64)62-40-57-45-27-31-53-54(32-28-45)69(53)71(57)63(37-47)67(59)62/h1-40,45-46,53-56,69-70H. The van der Waals surface area contributed by atoms with Gasteiger partial charge in [-0.3, -0.25) is 0 Å². The average molecular weight is 913 g/mol. The van der Waals surface area contributed by atoms with Crippen molar-refractivity contribution < 1.29 is 0 Å². The lowest BCUT2D eigenvalue weighted by Crippen LogP contribution is -2.03. The lowest BCUT2D eigenvalue weighted by atomic mass is 9.77. The molecule has 0 aliphatic heterocycles. The normalized spacial score (nSPS) is 23.3. The molecule has 8 aliphatic rings. The molecule has 336 valence electrons. The van der Waals surface area contributed by atoms with Crippen molar-refractivity contribution in [1.29, 1.82) is 0 Å². The van der Waals surface area contributed by atoms with E-state index in [1.165, 1.54) is 121 Å². The van der Waals surface area contributed by atoms with Gasteiger partial charge in [-0.1, -0.05) is 206 Å². The Balaban J connectivity index is 1.06. The Hall–Kier alpha value is -8.32. The second kappa shape index (κ2) is 14.6. The topological polar surface area (TPSA) is 0 Å². The van der Waals surface area contributed by atoms with Crippen LogP contribution in [0.3, 0.4) is 0 Å². The molecule has 72 heavy (non-hydrogen) atoms. The maximum absolute atomic E-state index is 2.68. The number of fused-ring (bicyclic) bond motifs is 2. The third-order valence-electron chi connectivity index (χ3n) is 18.1. The molecule has 0 radical (unpaired) electrons. The molecule has 0 heterocycles. The fourth-order valence-electron chi connectivity index (χ4n) is 14.8. The van der Waals surface area contributed by atoms with E-state index < -0.39 is 0 Å². The van der Waals surface area contributed by atoms with E-state index in [4.69, 9.17) is 0 Å². The van der Waals surface area contributed by atoms with E-state index >= 15 is 0 Å². The molecule has 8 bridgehead atoms. The minimum atomic E-state index is 0.236. The van der Waals surface area contributed by atoms with Crippen molar-refractivity contribution in [2.75, 3.05) is 0 Å². The molecule has 8 aliphatic carbocycles. The lowest BCUT2D eigenvalue weighted by molar-refractivity contribution is 1.00. The molecule has 4 atom stereocenters. The van der Waals surface area contributed by atoms with Crippen LogP contribution in [0.15, 0.2) is 243 Å². The molecular weight excluding hydrogens is 865 g/mol. The summed E-state index contributed by atoms with van der Waals surface area (Å²) in [5.74, 6) is 3.57. The highest BCUT2D eigenvalue weighted by Crippen LogP contribution is 2.66. The second-order valence-electron chi connectivity index (χ2n) is 21.6. The Bertz CT molecular complexity index is 3790. The molecule has 11 aromatic carbocycles. The summed E-state index contributed by atoms with van der Waals surface area (Å²) in [7, 11) is 0. The zero-order valence-corrected chi connectivity index (χ0v) is 39.7. The Kier molecular flexibility index (Phi) is 8.01. The van der Waals surface area contributed by atoms with E-state index in [1.54, 1.807) is 11.1 Å². The van der Waals surface area contributed by atoms with Gasteiger partial charge in [0.15, 0.2) is 0 Å².